The van der Waals surface area contributed by atoms with Crippen LogP contribution < -0.4 is 19.7 Å². The van der Waals surface area contributed by atoms with Crippen molar-refractivity contribution in [2.45, 2.75) is 55.9 Å². The van der Waals surface area contributed by atoms with Gasteiger partial charge in [-0.05, 0) is 55.8 Å². The molecule has 5 heterocycles. The molecule has 8 nitrogen and oxygen atoms in total. The largest absolute Gasteiger partial charge is 0.508 e. The van der Waals surface area contributed by atoms with E-state index in [9.17, 15) is 13.9 Å². The highest BCUT2D eigenvalue weighted by molar-refractivity contribution is 6.06. The molecule has 4 saturated heterocycles. The van der Waals surface area contributed by atoms with Crippen molar-refractivity contribution < 1.29 is 32.1 Å². The van der Waals surface area contributed by atoms with E-state index in [0.29, 0.717) is 31.4 Å². The van der Waals surface area contributed by atoms with Gasteiger partial charge < -0.3 is 24.8 Å². The lowest BCUT2D eigenvalue weighted by Crippen LogP contribution is -2.51. The number of hydrogen-bond donors (Lipinski definition) is 2. The Morgan fingerprint density at radius 1 is 1.09 bits per heavy atom. The van der Waals surface area contributed by atoms with Crippen LogP contribution in [0.15, 0.2) is 24.3 Å². The summed E-state index contributed by atoms with van der Waals surface area (Å²) in [5, 5.41) is 14.5. The number of phenols is 1. The molecule has 8 rings (SSSR count). The molecule has 0 spiro atoms. The van der Waals surface area contributed by atoms with Crippen molar-refractivity contribution in [3.05, 3.63) is 47.3 Å². The lowest BCUT2D eigenvalue weighted by atomic mass is 9.92. The fourth-order valence-electron chi connectivity index (χ4n) is 8.34. The molecular formula is C35H33F4N5O3. The molecule has 0 radical (unpaired) electrons. The van der Waals surface area contributed by atoms with Crippen LogP contribution in [0.5, 0.6) is 17.5 Å². The number of nitrogens with one attached hydrogen (secondary N) is 1. The van der Waals surface area contributed by atoms with Gasteiger partial charge in [-0.2, -0.15) is 9.97 Å². The van der Waals surface area contributed by atoms with Gasteiger partial charge in [-0.3, -0.25) is 4.90 Å². The molecule has 4 aliphatic heterocycles. The Bertz CT molecular complexity index is 1970. The first kappa shape index (κ1) is 30.0. The number of phenolic OH excluding ortho intramolecular Hbond substituents is 1. The Balaban J connectivity index is 1.35. The van der Waals surface area contributed by atoms with E-state index in [1.54, 1.807) is 0 Å². The van der Waals surface area contributed by atoms with Gasteiger partial charge in [-0.1, -0.05) is 12.0 Å². The van der Waals surface area contributed by atoms with E-state index in [4.69, 9.17) is 20.9 Å². The third kappa shape index (κ3) is 4.73. The summed E-state index contributed by atoms with van der Waals surface area (Å²) in [6.07, 6.45) is 8.60. The standard InChI is InChI=1S/C35H33F4N5O3/c1-3-23-25(37)8-5-18-11-22(45)12-24(26(18)23)27-29(38)31-28(32(46-2)30(27)39)33(43-15-20-6-7-21(16-43)40-20)42-34(41-31)47-17-35-9-4-10-44(35)14-19(36)13-35/h1,5,8,11-12,19-21,40,45H,4,6-7,9-10,13-17H2,2H3/t19-,20?,21?,35+/m1/s1. The summed E-state index contributed by atoms with van der Waals surface area (Å²) in [5.41, 5.74) is -1.74. The van der Waals surface area contributed by atoms with E-state index in [2.05, 4.69) is 21.1 Å². The van der Waals surface area contributed by atoms with Crippen molar-refractivity contribution in [1.29, 1.82) is 0 Å². The number of fused-ring (bicyclic) bond motifs is 5. The zero-order chi connectivity index (χ0) is 32.6. The molecule has 3 aromatic carbocycles. The number of nitrogens with zero attached hydrogens (tertiary/aromatic N) is 4. The first-order chi connectivity index (χ1) is 22.7. The smallest absolute Gasteiger partial charge is 0.319 e. The highest BCUT2D eigenvalue weighted by Crippen LogP contribution is 2.47. The van der Waals surface area contributed by atoms with Gasteiger partial charge in [0.1, 0.15) is 35.7 Å². The van der Waals surface area contributed by atoms with Crippen LogP contribution in [0.25, 0.3) is 32.8 Å². The van der Waals surface area contributed by atoms with E-state index >= 15 is 8.78 Å². The van der Waals surface area contributed by atoms with Gasteiger partial charge in [0.25, 0.3) is 0 Å². The van der Waals surface area contributed by atoms with Crippen molar-refractivity contribution in [1.82, 2.24) is 20.2 Å². The number of hydrogen-bond acceptors (Lipinski definition) is 8. The number of halogens is 4. The maximum atomic E-state index is 17.1. The quantitative estimate of drug-likeness (QED) is 0.211. The van der Waals surface area contributed by atoms with Crippen LogP contribution in [0.2, 0.25) is 0 Å². The molecule has 0 amide bonds. The lowest BCUT2D eigenvalue weighted by molar-refractivity contribution is 0.107. The van der Waals surface area contributed by atoms with Crippen LogP contribution in [0.4, 0.5) is 23.4 Å². The van der Waals surface area contributed by atoms with Gasteiger partial charge >= 0.3 is 6.01 Å². The number of alkyl halides is 1. The number of ether oxygens (including phenoxy) is 2. The summed E-state index contributed by atoms with van der Waals surface area (Å²) in [6.45, 7) is 2.30. The molecule has 244 valence electrons. The zero-order valence-corrected chi connectivity index (χ0v) is 25.8. The predicted octanol–water partition coefficient (Wildman–Crippen LogP) is 5.46. The molecule has 2 bridgehead atoms. The van der Waals surface area contributed by atoms with E-state index in [0.717, 1.165) is 44.4 Å². The highest BCUT2D eigenvalue weighted by atomic mass is 19.1. The molecule has 0 saturated carbocycles. The third-order valence-electron chi connectivity index (χ3n) is 10.4. The van der Waals surface area contributed by atoms with Crippen LogP contribution in [0.3, 0.4) is 0 Å². The number of anilines is 1. The van der Waals surface area contributed by atoms with E-state index in [1.807, 2.05) is 4.90 Å². The van der Waals surface area contributed by atoms with Gasteiger partial charge in [-0.25, -0.2) is 17.6 Å². The minimum Gasteiger partial charge on any atom is -0.508 e. The van der Waals surface area contributed by atoms with E-state index < -0.39 is 34.7 Å². The Morgan fingerprint density at radius 2 is 1.87 bits per heavy atom. The summed E-state index contributed by atoms with van der Waals surface area (Å²) >= 11 is 0. The van der Waals surface area contributed by atoms with Gasteiger partial charge in [0, 0.05) is 49.1 Å². The maximum absolute atomic E-state index is 17.1. The first-order valence-corrected chi connectivity index (χ1v) is 15.9. The Morgan fingerprint density at radius 3 is 2.62 bits per heavy atom. The van der Waals surface area contributed by atoms with Crippen molar-refractivity contribution in [2.24, 2.45) is 0 Å². The lowest BCUT2D eigenvalue weighted by Gasteiger charge is -2.35. The van der Waals surface area contributed by atoms with Gasteiger partial charge in [0.15, 0.2) is 17.4 Å². The molecule has 47 heavy (non-hydrogen) atoms. The van der Waals surface area contributed by atoms with Crippen molar-refractivity contribution in [3.63, 3.8) is 0 Å². The second-order valence-electron chi connectivity index (χ2n) is 13.2. The van der Waals surface area contributed by atoms with E-state index in [1.165, 1.54) is 19.2 Å². The average molecular weight is 648 g/mol. The molecule has 2 N–H and O–H groups in total. The Hall–Kier alpha value is -4.34. The normalized spacial score (nSPS) is 25.4. The average Bonchev–Trinajstić information content (AvgIpc) is 3.70. The summed E-state index contributed by atoms with van der Waals surface area (Å²) in [5.74, 6) is -0.961. The van der Waals surface area contributed by atoms with Crippen molar-refractivity contribution in [3.8, 4) is 41.0 Å². The molecule has 0 aliphatic carbocycles. The highest BCUT2D eigenvalue weighted by Gasteiger charge is 2.49. The summed E-state index contributed by atoms with van der Waals surface area (Å²) in [7, 11) is 1.27. The topological polar surface area (TPSA) is 83.0 Å². The number of terminal acetylenes is 1. The van der Waals surface area contributed by atoms with Gasteiger partial charge in [-0.15, -0.1) is 6.42 Å². The Kier molecular flexibility index (Phi) is 7.11. The fourth-order valence-corrected chi connectivity index (χ4v) is 8.34. The second-order valence-corrected chi connectivity index (χ2v) is 13.2. The van der Waals surface area contributed by atoms with Crippen molar-refractivity contribution in [2.75, 3.05) is 44.8 Å². The molecule has 4 aromatic rings. The molecule has 1 aromatic heterocycles. The fraction of sp³-hybridized carbons (Fsp3) is 0.429. The maximum Gasteiger partial charge on any atom is 0.319 e. The minimum absolute atomic E-state index is 0.0260. The van der Waals surface area contributed by atoms with Gasteiger partial charge in [0.2, 0.25) is 0 Å². The van der Waals surface area contributed by atoms with Crippen molar-refractivity contribution >= 4 is 27.5 Å². The minimum atomic E-state index is -1.08. The van der Waals surface area contributed by atoms with Crippen LogP contribution in [-0.4, -0.2) is 83.7 Å². The third-order valence-corrected chi connectivity index (χ3v) is 10.4. The predicted molar refractivity (Wildman–Crippen MR) is 169 cm³/mol. The van der Waals surface area contributed by atoms with Gasteiger partial charge in [0.05, 0.1) is 29.2 Å². The zero-order valence-electron chi connectivity index (χ0n) is 25.8. The molecular weight excluding hydrogens is 614 g/mol. The first-order valence-electron chi connectivity index (χ1n) is 15.9. The monoisotopic (exact) mass is 647 g/mol. The summed E-state index contributed by atoms with van der Waals surface area (Å²) < 4.78 is 75.1. The van der Waals surface area contributed by atoms with Crippen LogP contribution in [-0.2, 0) is 0 Å². The SMILES string of the molecule is C#Cc1c(F)ccc2cc(O)cc(-c3c(F)c(OC)c4c(N5CC6CCC(C5)N6)nc(OC[C@@]56CCCN5C[C@H](F)C6)nc4c3F)c12. The number of piperazine rings is 1. The van der Waals surface area contributed by atoms with Crippen LogP contribution >= 0.6 is 0 Å². The number of aromatic hydroxyl groups is 1. The van der Waals surface area contributed by atoms with E-state index in [-0.39, 0.29) is 69.4 Å². The van der Waals surface area contributed by atoms with Crippen LogP contribution in [0, 0.1) is 29.8 Å². The molecule has 4 atom stereocenters. The molecule has 12 heteroatoms. The second kappa shape index (κ2) is 11.1. The number of methoxy groups -OCH3 is 1. The number of benzene rings is 3. The summed E-state index contributed by atoms with van der Waals surface area (Å²) in [4.78, 5) is 13.3. The Labute approximate surface area is 268 Å². The molecule has 4 aliphatic rings. The van der Waals surface area contributed by atoms with Crippen LogP contribution in [0.1, 0.15) is 37.7 Å². The molecule has 2 unspecified atom stereocenters. The number of rotatable bonds is 6. The summed E-state index contributed by atoms with van der Waals surface area (Å²) in [6, 6.07) is 5.22. The molecule has 4 fully saturated rings. The number of aromatic nitrogens is 2.